The molecule has 0 heterocycles. The largest absolute Gasteiger partial charge is 0.483 e. The third kappa shape index (κ3) is 4.27. The van der Waals surface area contributed by atoms with Crippen molar-refractivity contribution in [3.63, 3.8) is 0 Å². The minimum Gasteiger partial charge on any atom is -0.483 e. The lowest BCUT2D eigenvalue weighted by atomic mass is 10.0. The zero-order chi connectivity index (χ0) is 20.5. The van der Waals surface area contributed by atoms with E-state index in [1.165, 1.54) is 0 Å². The molecule has 6 nitrogen and oxygen atoms in total. The van der Waals surface area contributed by atoms with Gasteiger partial charge in [-0.1, -0.05) is 24.6 Å². The molecule has 2 aliphatic rings. The molecule has 0 aromatic heterocycles. The first-order valence-electron chi connectivity index (χ1n) is 9.61. The fraction of sp³-hybridized carbons (Fsp3) is 0.318. The third-order valence-corrected chi connectivity index (χ3v) is 5.43. The Labute approximate surface area is 173 Å². The van der Waals surface area contributed by atoms with E-state index in [2.05, 4.69) is 10.6 Å². The minimum atomic E-state index is -0.382. The molecule has 1 saturated carbocycles. The number of ketones is 1. The summed E-state index contributed by atoms with van der Waals surface area (Å²) in [5.74, 6) is -0.158. The van der Waals surface area contributed by atoms with Gasteiger partial charge in [-0.2, -0.15) is 0 Å². The van der Waals surface area contributed by atoms with Crippen molar-refractivity contribution in [2.24, 2.45) is 0 Å². The van der Waals surface area contributed by atoms with Crippen LogP contribution in [0.25, 0.3) is 0 Å². The monoisotopic (exact) mass is 412 g/mol. The first-order chi connectivity index (χ1) is 13.9. The Bertz CT molecular complexity index is 1000. The van der Waals surface area contributed by atoms with Gasteiger partial charge in [0, 0.05) is 28.7 Å². The van der Waals surface area contributed by atoms with Crippen molar-refractivity contribution in [3.8, 4) is 5.75 Å². The topological polar surface area (TPSA) is 84.5 Å². The van der Waals surface area contributed by atoms with Crippen LogP contribution in [0.3, 0.4) is 0 Å². The lowest BCUT2D eigenvalue weighted by molar-refractivity contribution is -0.118. The summed E-state index contributed by atoms with van der Waals surface area (Å²) in [6.45, 7) is 1.69. The first-order valence-corrected chi connectivity index (χ1v) is 9.99. The van der Waals surface area contributed by atoms with Crippen LogP contribution in [0.15, 0.2) is 36.4 Å². The van der Waals surface area contributed by atoms with Crippen LogP contribution in [0, 0.1) is 0 Å². The predicted octanol–water partition coefficient (Wildman–Crippen LogP) is 3.94. The molecule has 0 bridgehead atoms. The highest BCUT2D eigenvalue weighted by Crippen LogP contribution is 2.42. The van der Waals surface area contributed by atoms with E-state index in [9.17, 15) is 14.4 Å². The molecule has 7 heteroatoms. The van der Waals surface area contributed by atoms with Gasteiger partial charge in [-0.15, -0.1) is 0 Å². The van der Waals surface area contributed by atoms with Gasteiger partial charge in [0.15, 0.2) is 12.4 Å². The number of fused-ring (bicyclic) bond motifs is 1. The zero-order valence-corrected chi connectivity index (χ0v) is 16.7. The molecule has 0 saturated heterocycles. The van der Waals surface area contributed by atoms with Gasteiger partial charge in [0.05, 0.1) is 5.56 Å². The van der Waals surface area contributed by atoms with E-state index in [0.29, 0.717) is 34.0 Å². The van der Waals surface area contributed by atoms with Gasteiger partial charge in [0.25, 0.3) is 11.8 Å². The lowest BCUT2D eigenvalue weighted by Gasteiger charge is -2.13. The summed E-state index contributed by atoms with van der Waals surface area (Å²) >= 11 is 6.23. The molecule has 0 aliphatic heterocycles. The molecule has 2 aromatic rings. The van der Waals surface area contributed by atoms with Crippen molar-refractivity contribution < 1.29 is 19.1 Å². The minimum absolute atomic E-state index is 0.0280. The quantitative estimate of drug-likeness (QED) is 0.752. The third-order valence-electron chi connectivity index (χ3n) is 5.10. The van der Waals surface area contributed by atoms with Gasteiger partial charge < -0.3 is 15.4 Å². The number of carbonyl (C=O) groups is 3. The van der Waals surface area contributed by atoms with E-state index in [0.717, 1.165) is 18.4 Å². The smallest absolute Gasteiger partial charge is 0.262 e. The Kier molecular flexibility index (Phi) is 5.28. The second-order valence-corrected chi connectivity index (χ2v) is 7.94. The number of hydrogen-bond donors (Lipinski definition) is 2. The van der Waals surface area contributed by atoms with Crippen molar-refractivity contribution >= 4 is 34.9 Å². The van der Waals surface area contributed by atoms with E-state index in [1.54, 1.807) is 36.4 Å². The van der Waals surface area contributed by atoms with Crippen LogP contribution < -0.4 is 15.4 Å². The normalized spacial score (nSPS) is 17.6. The summed E-state index contributed by atoms with van der Waals surface area (Å²) < 4.78 is 5.62. The highest BCUT2D eigenvalue weighted by Gasteiger charge is 2.32. The van der Waals surface area contributed by atoms with Crippen LogP contribution in [-0.2, 0) is 4.79 Å². The Hall–Kier alpha value is -2.86. The van der Waals surface area contributed by atoms with Gasteiger partial charge in [-0.25, -0.2) is 0 Å². The Morgan fingerprint density at radius 2 is 2.00 bits per heavy atom. The van der Waals surface area contributed by atoms with Gasteiger partial charge in [0.2, 0.25) is 0 Å². The van der Waals surface area contributed by atoms with Crippen molar-refractivity contribution in [2.45, 2.75) is 38.1 Å². The Morgan fingerprint density at radius 3 is 2.76 bits per heavy atom. The van der Waals surface area contributed by atoms with Gasteiger partial charge in [-0.05, 0) is 54.7 Å². The van der Waals surface area contributed by atoms with Crippen LogP contribution in [-0.4, -0.2) is 30.2 Å². The van der Waals surface area contributed by atoms with E-state index in [-0.39, 0.29) is 36.2 Å². The molecule has 150 valence electrons. The van der Waals surface area contributed by atoms with E-state index < -0.39 is 0 Å². The second-order valence-electron chi connectivity index (χ2n) is 7.53. The average molecular weight is 413 g/mol. The summed E-state index contributed by atoms with van der Waals surface area (Å²) in [4.78, 5) is 36.8. The summed E-state index contributed by atoms with van der Waals surface area (Å²) in [6.07, 6.45) is 2.40. The number of Topliss-reactive ketones (excluding diaryl/α,β-unsaturated/α-hetero) is 1. The van der Waals surface area contributed by atoms with Crippen molar-refractivity contribution in [2.75, 3.05) is 11.9 Å². The van der Waals surface area contributed by atoms with Crippen LogP contribution in [0.2, 0.25) is 5.02 Å². The van der Waals surface area contributed by atoms with E-state index in [1.807, 2.05) is 6.92 Å². The molecule has 0 spiro atoms. The highest BCUT2D eigenvalue weighted by atomic mass is 35.5. The molecule has 4 rings (SSSR count). The molecule has 0 radical (unpaired) electrons. The molecule has 1 atom stereocenters. The number of carbonyl (C=O) groups excluding carboxylic acids is 3. The molecule has 2 aliphatic carbocycles. The molecule has 2 aromatic carbocycles. The maximum absolute atomic E-state index is 12.3. The van der Waals surface area contributed by atoms with Gasteiger partial charge in [0.1, 0.15) is 5.75 Å². The summed E-state index contributed by atoms with van der Waals surface area (Å²) in [6, 6.07) is 10.3. The van der Waals surface area contributed by atoms with Crippen molar-refractivity contribution in [3.05, 3.63) is 58.1 Å². The number of halogens is 1. The van der Waals surface area contributed by atoms with E-state index >= 15 is 0 Å². The maximum Gasteiger partial charge on any atom is 0.262 e. The number of anilines is 1. The fourth-order valence-corrected chi connectivity index (χ4v) is 3.86. The standard InChI is InChI=1S/C22H21ClN2O4/c1-12-9-17(26)21-18(8-7-16(23)20(12)21)29-11-19(27)24-15-4-2-3-13(10-15)22(28)25-14-5-6-14/h2-4,7-8,10,12,14H,5-6,9,11H2,1H3,(H,24,27)(H,25,28). The fourth-order valence-electron chi connectivity index (χ4n) is 3.52. The van der Waals surface area contributed by atoms with Crippen LogP contribution in [0.4, 0.5) is 5.69 Å². The number of ether oxygens (including phenoxy) is 1. The SMILES string of the molecule is CC1CC(=O)c2c(OCC(=O)Nc3cccc(C(=O)NC4CC4)c3)ccc(Cl)c21. The number of amides is 2. The van der Waals surface area contributed by atoms with Crippen LogP contribution in [0.5, 0.6) is 5.75 Å². The maximum atomic E-state index is 12.3. The van der Waals surface area contributed by atoms with Crippen molar-refractivity contribution in [1.82, 2.24) is 5.32 Å². The van der Waals surface area contributed by atoms with Gasteiger partial charge in [-0.3, -0.25) is 14.4 Å². The number of nitrogens with one attached hydrogen (secondary N) is 2. The van der Waals surface area contributed by atoms with Crippen LogP contribution >= 0.6 is 11.6 Å². The summed E-state index contributed by atoms with van der Waals surface area (Å²) in [5, 5.41) is 6.17. The molecule has 29 heavy (non-hydrogen) atoms. The van der Waals surface area contributed by atoms with E-state index in [4.69, 9.17) is 16.3 Å². The van der Waals surface area contributed by atoms with Crippen LogP contribution in [0.1, 0.15) is 58.4 Å². The Morgan fingerprint density at radius 1 is 1.21 bits per heavy atom. The second kappa shape index (κ2) is 7.87. The molecule has 2 amide bonds. The number of benzene rings is 2. The van der Waals surface area contributed by atoms with Gasteiger partial charge >= 0.3 is 0 Å². The highest BCUT2D eigenvalue weighted by molar-refractivity contribution is 6.32. The number of hydrogen-bond acceptors (Lipinski definition) is 4. The van der Waals surface area contributed by atoms with Crippen molar-refractivity contribution in [1.29, 1.82) is 0 Å². The average Bonchev–Trinajstić information content (AvgIpc) is 3.45. The zero-order valence-electron chi connectivity index (χ0n) is 16.0. The lowest BCUT2D eigenvalue weighted by Crippen LogP contribution is -2.25. The summed E-state index contributed by atoms with van der Waals surface area (Å²) in [7, 11) is 0. The predicted molar refractivity (Wildman–Crippen MR) is 110 cm³/mol. The molecule has 1 unspecified atom stereocenters. The Balaban J connectivity index is 1.40. The number of rotatable bonds is 6. The molecule has 1 fully saturated rings. The summed E-state index contributed by atoms with van der Waals surface area (Å²) in [5.41, 5.74) is 2.25. The first kappa shape index (κ1) is 19.5. The molecule has 2 N–H and O–H groups in total. The molecular weight excluding hydrogens is 392 g/mol. The molecular formula is C22H21ClN2O4.